The number of sulfonamides is 1. The molecule has 0 saturated carbocycles. The number of nitrogens with two attached hydrogens (primary N) is 1. The fourth-order valence-electron chi connectivity index (χ4n) is 3.34. The quantitative estimate of drug-likeness (QED) is 0.773. The highest BCUT2D eigenvalue weighted by Gasteiger charge is 2.34. The summed E-state index contributed by atoms with van der Waals surface area (Å²) < 4.78 is 27.0. The zero-order valence-electron chi connectivity index (χ0n) is 15.8. The maximum Gasteiger partial charge on any atom is 0.251 e. The lowest BCUT2D eigenvalue weighted by atomic mass is 9.99. The zero-order chi connectivity index (χ0) is 20.5. The fraction of sp³-hybridized carbons (Fsp3) is 0.368. The third kappa shape index (κ3) is 3.96. The van der Waals surface area contributed by atoms with E-state index in [0.29, 0.717) is 30.0 Å². The Morgan fingerprint density at radius 2 is 1.89 bits per heavy atom. The summed E-state index contributed by atoms with van der Waals surface area (Å²) in [6.07, 6.45) is 1.18. The topological polar surface area (TPSA) is 110 Å². The van der Waals surface area contributed by atoms with Crippen LogP contribution in [-0.4, -0.2) is 37.6 Å². The number of carbonyl (C=O) groups excluding carboxylic acids is 2. The molecule has 0 spiro atoms. The van der Waals surface area contributed by atoms with E-state index < -0.39 is 21.8 Å². The van der Waals surface area contributed by atoms with Crippen molar-refractivity contribution in [3.05, 3.63) is 46.3 Å². The molecule has 28 heavy (non-hydrogen) atoms. The Morgan fingerprint density at radius 1 is 1.21 bits per heavy atom. The third-order valence-electron chi connectivity index (χ3n) is 5.00. The third-order valence-corrected chi connectivity index (χ3v) is 8.01. The molecule has 9 heteroatoms. The smallest absolute Gasteiger partial charge is 0.251 e. The second-order valence-corrected chi connectivity index (χ2v) is 10.0. The fourth-order valence-corrected chi connectivity index (χ4v) is 5.96. The number of piperidine rings is 1. The summed E-state index contributed by atoms with van der Waals surface area (Å²) in [6.45, 7) is 4.14. The molecule has 2 amide bonds. The van der Waals surface area contributed by atoms with Crippen molar-refractivity contribution in [3.8, 4) is 0 Å². The summed E-state index contributed by atoms with van der Waals surface area (Å²) in [6, 6.07) is 8.21. The Balaban J connectivity index is 1.77. The molecule has 3 N–H and O–H groups in total. The van der Waals surface area contributed by atoms with Gasteiger partial charge in [0.1, 0.15) is 5.00 Å². The van der Waals surface area contributed by atoms with Crippen LogP contribution in [0, 0.1) is 19.8 Å². The molecule has 1 aliphatic heterocycles. The molecule has 2 aromatic rings. The predicted molar refractivity (Wildman–Crippen MR) is 109 cm³/mol. The van der Waals surface area contributed by atoms with Gasteiger partial charge in [0.25, 0.3) is 5.91 Å². The van der Waals surface area contributed by atoms with Crippen LogP contribution < -0.4 is 11.1 Å². The van der Waals surface area contributed by atoms with Gasteiger partial charge in [-0.25, -0.2) is 8.42 Å². The molecule has 0 aliphatic carbocycles. The number of hydrogen-bond donors (Lipinski definition) is 2. The van der Waals surface area contributed by atoms with Gasteiger partial charge in [-0.3, -0.25) is 9.59 Å². The summed E-state index contributed by atoms with van der Waals surface area (Å²) in [4.78, 5) is 25.7. The summed E-state index contributed by atoms with van der Waals surface area (Å²) in [7, 11) is -3.64. The Bertz CT molecular complexity index is 1000. The first-order valence-electron chi connectivity index (χ1n) is 8.97. The molecule has 150 valence electrons. The number of nitrogens with one attached hydrogen (secondary N) is 1. The second-order valence-electron chi connectivity index (χ2n) is 6.86. The Morgan fingerprint density at radius 3 is 2.54 bits per heavy atom. The molecule has 1 aromatic heterocycles. The minimum atomic E-state index is -3.64. The van der Waals surface area contributed by atoms with Crippen molar-refractivity contribution in [2.24, 2.45) is 11.7 Å². The number of thiophene rings is 1. The molecule has 2 heterocycles. The van der Waals surface area contributed by atoms with Crippen LogP contribution in [0.5, 0.6) is 0 Å². The molecule has 1 aliphatic rings. The lowest BCUT2D eigenvalue weighted by molar-refractivity contribution is -0.120. The van der Waals surface area contributed by atoms with E-state index in [0.717, 1.165) is 10.4 Å². The largest absolute Gasteiger partial charge is 0.365 e. The van der Waals surface area contributed by atoms with Crippen LogP contribution in [0.4, 0.5) is 5.00 Å². The van der Waals surface area contributed by atoms with Crippen molar-refractivity contribution in [1.82, 2.24) is 4.31 Å². The molecule has 1 fully saturated rings. The summed E-state index contributed by atoms with van der Waals surface area (Å²) in [5.41, 5.74) is 6.53. The summed E-state index contributed by atoms with van der Waals surface area (Å²) in [5.74, 6) is -1.37. The van der Waals surface area contributed by atoms with Crippen molar-refractivity contribution in [3.63, 3.8) is 0 Å². The first-order valence-corrected chi connectivity index (χ1v) is 11.2. The van der Waals surface area contributed by atoms with Crippen LogP contribution in [0.15, 0.2) is 35.2 Å². The van der Waals surface area contributed by atoms with Crippen LogP contribution in [0.1, 0.15) is 33.6 Å². The number of nitrogens with zero attached hydrogens (tertiary/aromatic N) is 1. The number of rotatable bonds is 5. The molecule has 1 unspecified atom stereocenters. The van der Waals surface area contributed by atoms with E-state index in [9.17, 15) is 18.0 Å². The van der Waals surface area contributed by atoms with Gasteiger partial charge in [0.15, 0.2) is 0 Å². The monoisotopic (exact) mass is 421 g/mol. The lowest BCUT2D eigenvalue weighted by Crippen LogP contribution is -2.43. The summed E-state index contributed by atoms with van der Waals surface area (Å²) >= 11 is 1.30. The van der Waals surface area contributed by atoms with Gasteiger partial charge >= 0.3 is 0 Å². The highest BCUT2D eigenvalue weighted by Crippen LogP contribution is 2.33. The van der Waals surface area contributed by atoms with E-state index >= 15 is 0 Å². The van der Waals surface area contributed by atoms with Gasteiger partial charge < -0.3 is 11.1 Å². The van der Waals surface area contributed by atoms with Gasteiger partial charge in [-0.05, 0) is 44.4 Å². The molecule has 7 nitrogen and oxygen atoms in total. The maximum atomic E-state index is 12.8. The van der Waals surface area contributed by atoms with Gasteiger partial charge in [0, 0.05) is 18.0 Å². The molecular formula is C19H23N3O4S2. The standard InChI is InChI=1S/C19H23N3O4S2/c1-12-13(2)27-19(16(12)17(20)23)21-18(24)14-7-6-10-22(11-14)28(25,26)15-8-4-3-5-9-15/h3-5,8-9,14H,6-7,10-11H2,1-2H3,(H2,20,23)(H,21,24). The number of carbonyl (C=O) groups is 2. The van der Waals surface area contributed by atoms with Gasteiger partial charge in [0.05, 0.1) is 16.4 Å². The van der Waals surface area contributed by atoms with Crippen LogP contribution in [-0.2, 0) is 14.8 Å². The molecular weight excluding hydrogens is 398 g/mol. The second kappa shape index (κ2) is 8.02. The molecule has 1 atom stereocenters. The van der Waals surface area contributed by atoms with E-state index in [1.165, 1.54) is 15.6 Å². The van der Waals surface area contributed by atoms with Gasteiger partial charge in [0.2, 0.25) is 15.9 Å². The van der Waals surface area contributed by atoms with Crippen molar-refractivity contribution in [2.45, 2.75) is 31.6 Å². The Kier molecular flexibility index (Phi) is 5.87. The first-order chi connectivity index (χ1) is 13.2. The minimum absolute atomic E-state index is 0.109. The van der Waals surface area contributed by atoms with Crippen LogP contribution >= 0.6 is 11.3 Å². The van der Waals surface area contributed by atoms with Crippen molar-refractivity contribution < 1.29 is 18.0 Å². The van der Waals surface area contributed by atoms with Crippen molar-refractivity contribution >= 4 is 38.2 Å². The van der Waals surface area contributed by atoms with Gasteiger partial charge in [-0.15, -0.1) is 11.3 Å². The average Bonchev–Trinajstić information content (AvgIpc) is 2.96. The van der Waals surface area contributed by atoms with Gasteiger partial charge in [-0.2, -0.15) is 4.31 Å². The van der Waals surface area contributed by atoms with E-state index in [1.54, 1.807) is 37.3 Å². The van der Waals surface area contributed by atoms with Crippen LogP contribution in [0.2, 0.25) is 0 Å². The Hall–Kier alpha value is -2.23. The number of benzene rings is 1. The first kappa shape index (κ1) is 20.5. The molecule has 0 radical (unpaired) electrons. The van der Waals surface area contributed by atoms with E-state index in [-0.39, 0.29) is 17.3 Å². The van der Waals surface area contributed by atoms with Crippen molar-refractivity contribution in [2.75, 3.05) is 18.4 Å². The van der Waals surface area contributed by atoms with E-state index in [1.807, 2.05) is 6.92 Å². The highest BCUT2D eigenvalue weighted by molar-refractivity contribution is 7.89. The van der Waals surface area contributed by atoms with Crippen LogP contribution in [0.3, 0.4) is 0 Å². The predicted octanol–water partition coefficient (Wildman–Crippen LogP) is 2.50. The molecule has 1 saturated heterocycles. The number of aryl methyl sites for hydroxylation is 1. The number of anilines is 1. The van der Waals surface area contributed by atoms with Gasteiger partial charge in [-0.1, -0.05) is 18.2 Å². The normalized spacial score (nSPS) is 18.0. The molecule has 1 aromatic carbocycles. The van der Waals surface area contributed by atoms with Crippen molar-refractivity contribution in [1.29, 1.82) is 0 Å². The SMILES string of the molecule is Cc1sc(NC(=O)C2CCCN(S(=O)(=O)c3ccccc3)C2)c(C(N)=O)c1C. The highest BCUT2D eigenvalue weighted by atomic mass is 32.2. The van der Waals surface area contributed by atoms with E-state index in [4.69, 9.17) is 5.73 Å². The number of amides is 2. The average molecular weight is 422 g/mol. The van der Waals surface area contributed by atoms with Crippen LogP contribution in [0.25, 0.3) is 0 Å². The zero-order valence-corrected chi connectivity index (χ0v) is 17.4. The van der Waals surface area contributed by atoms with E-state index in [2.05, 4.69) is 5.32 Å². The molecule has 3 rings (SSSR count). The number of primary amides is 1. The number of hydrogen-bond acceptors (Lipinski definition) is 5. The Labute approximate surface area is 168 Å². The minimum Gasteiger partial charge on any atom is -0.365 e. The lowest BCUT2D eigenvalue weighted by Gasteiger charge is -2.31. The maximum absolute atomic E-state index is 12.8. The summed E-state index contributed by atoms with van der Waals surface area (Å²) in [5, 5.41) is 3.22. The molecule has 0 bridgehead atoms.